The monoisotopic (exact) mass is 205 g/mol. The van der Waals surface area contributed by atoms with Gasteiger partial charge in [0.25, 0.3) is 0 Å². The first-order valence-corrected chi connectivity index (χ1v) is 5.98. The Labute approximate surface area is 93.9 Å². The highest BCUT2D eigenvalue weighted by atomic mass is 14.8. The van der Waals surface area contributed by atoms with E-state index in [-0.39, 0.29) is 0 Å². The second-order valence-electron chi connectivity index (χ2n) is 4.44. The van der Waals surface area contributed by atoms with E-state index >= 15 is 0 Å². The molecule has 1 rings (SSSR count). The zero-order chi connectivity index (χ0) is 11.1. The van der Waals surface area contributed by atoms with E-state index in [0.717, 1.165) is 19.0 Å². The van der Waals surface area contributed by atoms with Gasteiger partial charge in [0, 0.05) is 0 Å². The Kier molecular flexibility index (Phi) is 5.41. The van der Waals surface area contributed by atoms with Crippen LogP contribution in [0, 0.1) is 12.8 Å². The molecule has 0 aromatic heterocycles. The average molecular weight is 205 g/mol. The van der Waals surface area contributed by atoms with Crippen molar-refractivity contribution in [2.75, 3.05) is 13.1 Å². The van der Waals surface area contributed by atoms with E-state index in [2.05, 4.69) is 50.4 Å². The average Bonchev–Trinajstić information content (AvgIpc) is 2.25. The van der Waals surface area contributed by atoms with Gasteiger partial charge in [-0.2, -0.15) is 0 Å². The lowest BCUT2D eigenvalue weighted by Gasteiger charge is -2.11. The summed E-state index contributed by atoms with van der Waals surface area (Å²) in [6, 6.07) is 8.89. The third-order valence-corrected chi connectivity index (χ3v) is 2.79. The molecular formula is C14H23N. The first-order chi connectivity index (χ1) is 7.22. The fourth-order valence-electron chi connectivity index (χ4n) is 1.66. The summed E-state index contributed by atoms with van der Waals surface area (Å²) in [7, 11) is 0. The van der Waals surface area contributed by atoms with Crippen LogP contribution in [0.3, 0.4) is 0 Å². The molecule has 84 valence electrons. The van der Waals surface area contributed by atoms with Crippen LogP contribution in [0.25, 0.3) is 0 Å². The molecule has 0 aliphatic rings. The Morgan fingerprint density at radius 3 is 2.47 bits per heavy atom. The predicted octanol–water partition coefficient (Wildman–Crippen LogP) is 3.17. The van der Waals surface area contributed by atoms with Gasteiger partial charge in [-0.05, 0) is 44.3 Å². The van der Waals surface area contributed by atoms with E-state index in [0.29, 0.717) is 0 Å². The highest BCUT2D eigenvalue weighted by Gasteiger charge is 2.01. The third-order valence-electron chi connectivity index (χ3n) is 2.79. The standard InChI is InChI=1S/C14H23N/c1-4-15-11-13(3)7-10-14-8-5-12(2)6-9-14/h5-6,8-9,13,15H,4,7,10-11H2,1-3H3. The molecule has 1 aromatic rings. The van der Waals surface area contributed by atoms with Crippen molar-refractivity contribution >= 4 is 0 Å². The Hall–Kier alpha value is -0.820. The summed E-state index contributed by atoms with van der Waals surface area (Å²) >= 11 is 0. The van der Waals surface area contributed by atoms with Crippen LogP contribution >= 0.6 is 0 Å². The molecule has 1 atom stereocenters. The SMILES string of the molecule is CCNCC(C)CCc1ccc(C)cc1. The Bertz CT molecular complexity index is 263. The van der Waals surface area contributed by atoms with E-state index in [1.165, 1.54) is 24.0 Å². The molecule has 1 heteroatoms. The van der Waals surface area contributed by atoms with Crippen molar-refractivity contribution in [3.05, 3.63) is 35.4 Å². The molecule has 0 spiro atoms. The first kappa shape index (κ1) is 12.3. The van der Waals surface area contributed by atoms with Gasteiger partial charge in [0.15, 0.2) is 0 Å². The Morgan fingerprint density at radius 1 is 1.20 bits per heavy atom. The summed E-state index contributed by atoms with van der Waals surface area (Å²) in [6.45, 7) is 8.83. The Balaban J connectivity index is 2.27. The van der Waals surface area contributed by atoms with Gasteiger partial charge in [-0.25, -0.2) is 0 Å². The van der Waals surface area contributed by atoms with Gasteiger partial charge in [0.2, 0.25) is 0 Å². The maximum absolute atomic E-state index is 3.39. The number of hydrogen-bond acceptors (Lipinski definition) is 1. The largest absolute Gasteiger partial charge is 0.317 e. The second kappa shape index (κ2) is 6.62. The highest BCUT2D eigenvalue weighted by Crippen LogP contribution is 2.10. The van der Waals surface area contributed by atoms with E-state index in [4.69, 9.17) is 0 Å². The molecule has 0 saturated heterocycles. The highest BCUT2D eigenvalue weighted by molar-refractivity contribution is 5.21. The normalized spacial score (nSPS) is 12.7. The molecule has 1 unspecified atom stereocenters. The summed E-state index contributed by atoms with van der Waals surface area (Å²) in [6.07, 6.45) is 2.48. The lowest BCUT2D eigenvalue weighted by molar-refractivity contribution is 0.489. The lowest BCUT2D eigenvalue weighted by Crippen LogP contribution is -2.20. The minimum atomic E-state index is 0.770. The smallest absolute Gasteiger partial charge is 0.00232 e. The maximum atomic E-state index is 3.39. The molecule has 1 N–H and O–H groups in total. The third kappa shape index (κ3) is 4.98. The van der Waals surface area contributed by atoms with Crippen molar-refractivity contribution in [1.29, 1.82) is 0 Å². The molecular weight excluding hydrogens is 182 g/mol. The summed E-state index contributed by atoms with van der Waals surface area (Å²) in [5.41, 5.74) is 2.81. The van der Waals surface area contributed by atoms with Crippen molar-refractivity contribution in [3.8, 4) is 0 Å². The quantitative estimate of drug-likeness (QED) is 0.752. The summed E-state index contributed by atoms with van der Waals surface area (Å²) in [5, 5.41) is 3.39. The minimum absolute atomic E-state index is 0.770. The molecule has 1 aromatic carbocycles. The van der Waals surface area contributed by atoms with Crippen molar-refractivity contribution < 1.29 is 0 Å². The fraction of sp³-hybridized carbons (Fsp3) is 0.571. The van der Waals surface area contributed by atoms with Crippen LogP contribution in [0.1, 0.15) is 31.4 Å². The van der Waals surface area contributed by atoms with Crippen molar-refractivity contribution in [1.82, 2.24) is 5.32 Å². The molecule has 0 radical (unpaired) electrons. The van der Waals surface area contributed by atoms with Crippen molar-refractivity contribution in [3.63, 3.8) is 0 Å². The molecule has 0 bridgehead atoms. The van der Waals surface area contributed by atoms with Gasteiger partial charge in [0.05, 0.1) is 0 Å². The topological polar surface area (TPSA) is 12.0 Å². The van der Waals surface area contributed by atoms with Crippen LogP contribution < -0.4 is 5.32 Å². The molecule has 0 aliphatic heterocycles. The Morgan fingerprint density at radius 2 is 1.87 bits per heavy atom. The number of nitrogens with one attached hydrogen (secondary N) is 1. The number of hydrogen-bond donors (Lipinski definition) is 1. The first-order valence-electron chi connectivity index (χ1n) is 5.98. The van der Waals surface area contributed by atoms with Gasteiger partial charge >= 0.3 is 0 Å². The zero-order valence-electron chi connectivity index (χ0n) is 10.2. The zero-order valence-corrected chi connectivity index (χ0v) is 10.2. The predicted molar refractivity (Wildman–Crippen MR) is 67.2 cm³/mol. The van der Waals surface area contributed by atoms with Crippen LogP contribution in [0.2, 0.25) is 0 Å². The fourth-order valence-corrected chi connectivity index (χ4v) is 1.66. The molecule has 1 nitrogen and oxygen atoms in total. The number of aryl methyl sites for hydroxylation is 2. The van der Waals surface area contributed by atoms with Gasteiger partial charge < -0.3 is 5.32 Å². The summed E-state index contributed by atoms with van der Waals surface area (Å²) < 4.78 is 0. The van der Waals surface area contributed by atoms with Crippen molar-refractivity contribution in [2.24, 2.45) is 5.92 Å². The molecule has 0 fully saturated rings. The van der Waals surface area contributed by atoms with Crippen LogP contribution in [-0.4, -0.2) is 13.1 Å². The van der Waals surface area contributed by atoms with Crippen molar-refractivity contribution in [2.45, 2.75) is 33.6 Å². The van der Waals surface area contributed by atoms with Gasteiger partial charge in [0.1, 0.15) is 0 Å². The molecule has 0 saturated carbocycles. The summed E-state index contributed by atoms with van der Waals surface area (Å²) in [4.78, 5) is 0. The van der Waals surface area contributed by atoms with E-state index in [1.54, 1.807) is 0 Å². The van der Waals surface area contributed by atoms with E-state index < -0.39 is 0 Å². The number of benzene rings is 1. The lowest BCUT2D eigenvalue weighted by atomic mass is 10.0. The van der Waals surface area contributed by atoms with Gasteiger partial charge in [-0.3, -0.25) is 0 Å². The molecule has 15 heavy (non-hydrogen) atoms. The van der Waals surface area contributed by atoms with Gasteiger partial charge in [-0.15, -0.1) is 0 Å². The van der Waals surface area contributed by atoms with Crippen LogP contribution in [0.15, 0.2) is 24.3 Å². The molecule has 0 heterocycles. The van der Waals surface area contributed by atoms with E-state index in [1.807, 2.05) is 0 Å². The number of rotatable bonds is 6. The summed E-state index contributed by atoms with van der Waals surface area (Å²) in [5.74, 6) is 0.770. The maximum Gasteiger partial charge on any atom is -0.00232 e. The minimum Gasteiger partial charge on any atom is -0.317 e. The molecule has 0 amide bonds. The van der Waals surface area contributed by atoms with Crippen LogP contribution in [-0.2, 0) is 6.42 Å². The van der Waals surface area contributed by atoms with Crippen LogP contribution in [0.4, 0.5) is 0 Å². The van der Waals surface area contributed by atoms with Gasteiger partial charge in [-0.1, -0.05) is 43.7 Å². The van der Waals surface area contributed by atoms with E-state index in [9.17, 15) is 0 Å². The molecule has 0 aliphatic carbocycles. The van der Waals surface area contributed by atoms with Crippen LogP contribution in [0.5, 0.6) is 0 Å². The second-order valence-corrected chi connectivity index (χ2v) is 4.44.